The molecule has 256 valence electrons. The van der Waals surface area contributed by atoms with E-state index in [1.54, 1.807) is 6.26 Å². The molecule has 0 aliphatic carbocycles. The first-order chi connectivity index (χ1) is 24.3. The summed E-state index contributed by atoms with van der Waals surface area (Å²) < 4.78 is 13.4. The molecule has 0 spiro atoms. The van der Waals surface area contributed by atoms with Gasteiger partial charge in [0.15, 0.2) is 0 Å². The number of rotatable bonds is 5. The number of ether oxygens (including phenoxy) is 2. The second-order valence-corrected chi connectivity index (χ2v) is 14.7. The van der Waals surface area contributed by atoms with Gasteiger partial charge in [0.25, 0.3) is 0 Å². The zero-order valence-electron chi connectivity index (χ0n) is 28.8. The van der Waals surface area contributed by atoms with Crippen LogP contribution in [0.4, 0.5) is 5.69 Å². The van der Waals surface area contributed by atoms with Gasteiger partial charge in [-0.05, 0) is 63.1 Å². The van der Waals surface area contributed by atoms with Crippen molar-refractivity contribution in [3.63, 3.8) is 0 Å². The molecule has 7 aliphatic heterocycles. The van der Waals surface area contributed by atoms with E-state index in [4.69, 9.17) is 14.5 Å². The molecule has 50 heavy (non-hydrogen) atoms. The fourth-order valence-corrected chi connectivity index (χ4v) is 9.90. The van der Waals surface area contributed by atoms with Gasteiger partial charge in [-0.3, -0.25) is 15.0 Å². The second-order valence-electron chi connectivity index (χ2n) is 14.7. The van der Waals surface area contributed by atoms with Crippen LogP contribution in [-0.2, 0) is 38.4 Å². The third-order valence-corrected chi connectivity index (χ3v) is 12.4. The lowest BCUT2D eigenvalue weighted by molar-refractivity contribution is -0.520. The van der Waals surface area contributed by atoms with Gasteiger partial charge in [-0.15, -0.1) is 0 Å². The Bertz CT molecular complexity index is 2130. The molecule has 7 aliphatic rings. The number of hydrogen-bond acceptors (Lipinski definition) is 6. The Labute approximate surface area is 291 Å². The summed E-state index contributed by atoms with van der Waals surface area (Å²) in [6.45, 7) is 6.55. The van der Waals surface area contributed by atoms with Gasteiger partial charge in [-0.25, -0.2) is 9.78 Å². The topological polar surface area (TPSA) is 111 Å². The smallest absolute Gasteiger partial charge is 0.337 e. The van der Waals surface area contributed by atoms with E-state index < -0.39 is 11.9 Å². The minimum absolute atomic E-state index is 0.0533. The van der Waals surface area contributed by atoms with Crippen LogP contribution >= 0.6 is 0 Å². The molecule has 9 nitrogen and oxygen atoms in total. The summed E-state index contributed by atoms with van der Waals surface area (Å²) in [4.78, 5) is 34.0. The van der Waals surface area contributed by atoms with Crippen molar-refractivity contribution in [2.45, 2.75) is 58.2 Å². The van der Waals surface area contributed by atoms with Gasteiger partial charge >= 0.3 is 11.9 Å². The van der Waals surface area contributed by atoms with Gasteiger partial charge in [-0.2, -0.15) is 0 Å². The van der Waals surface area contributed by atoms with Crippen molar-refractivity contribution in [3.05, 3.63) is 101 Å². The Morgan fingerprint density at radius 3 is 2.82 bits per heavy atom. The number of carboxylic acid groups (broad SMARTS) is 1. The predicted octanol–water partition coefficient (Wildman–Crippen LogP) is 5.31. The lowest BCUT2D eigenvalue weighted by atomic mass is 9.72. The number of piperidine rings is 1. The van der Waals surface area contributed by atoms with Gasteiger partial charge in [0.05, 0.1) is 42.1 Å². The Hall–Kier alpha value is -4.73. The third kappa shape index (κ3) is 4.77. The summed E-state index contributed by atoms with van der Waals surface area (Å²) in [7, 11) is 1.41. The number of aromatic nitrogens is 2. The van der Waals surface area contributed by atoms with Crippen LogP contribution in [0.1, 0.15) is 43.5 Å². The number of aliphatic carboxylic acids is 1. The molecular formula is C41H43N4O5+. The first-order valence-electron chi connectivity index (χ1n) is 18.0. The molecule has 2 aromatic rings. The highest BCUT2D eigenvalue weighted by molar-refractivity contribution is 5.99. The van der Waals surface area contributed by atoms with Crippen LogP contribution in [0.15, 0.2) is 83.9 Å². The molecule has 1 saturated heterocycles. The van der Waals surface area contributed by atoms with Gasteiger partial charge in [-0.1, -0.05) is 42.0 Å². The highest BCUT2D eigenvalue weighted by Crippen LogP contribution is 2.47. The number of fused-ring (bicyclic) bond motifs is 10. The summed E-state index contributed by atoms with van der Waals surface area (Å²) in [5, 5.41) is 14.4. The monoisotopic (exact) mass is 671 g/mol. The molecule has 0 aromatic heterocycles. The molecular weight excluding hydrogens is 628 g/mol. The maximum Gasteiger partial charge on any atom is 0.337 e. The number of carboxylic acids is 1. The fraction of sp³-hybridized carbons (Fsp3) is 0.390. The van der Waals surface area contributed by atoms with Crippen molar-refractivity contribution < 1.29 is 29.5 Å². The normalized spacial score (nSPS) is 27.1. The molecule has 3 N–H and O–H groups in total. The van der Waals surface area contributed by atoms with E-state index >= 15 is 0 Å². The number of hydrogen-bond donors (Lipinski definition) is 2. The van der Waals surface area contributed by atoms with Gasteiger partial charge in [0.2, 0.25) is 0 Å². The molecule has 2 aromatic carbocycles. The summed E-state index contributed by atoms with van der Waals surface area (Å²) in [6, 6.07) is 17.0. The van der Waals surface area contributed by atoms with Gasteiger partial charge < -0.3 is 19.1 Å². The van der Waals surface area contributed by atoms with Crippen LogP contribution in [0.25, 0.3) is 27.7 Å². The zero-order chi connectivity index (χ0) is 34.3. The zero-order valence-corrected chi connectivity index (χ0v) is 28.8. The van der Waals surface area contributed by atoms with Crippen LogP contribution < -0.4 is 5.32 Å². The number of carbonyl (C=O) groups excluding carboxylic acids is 1. The van der Waals surface area contributed by atoms with Crippen molar-refractivity contribution >= 4 is 34.1 Å². The van der Waals surface area contributed by atoms with Gasteiger partial charge in [0, 0.05) is 71.5 Å². The number of allylic oxidation sites excluding steroid dienone is 1. The van der Waals surface area contributed by atoms with Crippen LogP contribution in [-0.4, -0.2) is 63.8 Å². The summed E-state index contributed by atoms with van der Waals surface area (Å²) in [5.41, 5.74) is 12.1. The fourth-order valence-electron chi connectivity index (χ4n) is 9.90. The Kier molecular flexibility index (Phi) is 7.47. The first kappa shape index (κ1) is 31.3. The minimum Gasteiger partial charge on any atom is -0.497 e. The summed E-state index contributed by atoms with van der Waals surface area (Å²) in [5.74, 6) is -1.80. The Balaban J connectivity index is 1.12. The minimum atomic E-state index is -0.756. The number of nitrogens with zero attached hydrogens (tertiary/aromatic N) is 3. The number of carbonyl (C=O) groups is 2. The quantitative estimate of drug-likeness (QED) is 0.168. The van der Waals surface area contributed by atoms with E-state index in [0.717, 1.165) is 59.3 Å². The first-order valence-corrected chi connectivity index (χ1v) is 18.0. The Morgan fingerprint density at radius 2 is 2.00 bits per heavy atom. The predicted molar refractivity (Wildman–Crippen MR) is 189 cm³/mol. The molecule has 1 fully saturated rings. The number of benzene rings is 2. The molecule has 7 heterocycles. The summed E-state index contributed by atoms with van der Waals surface area (Å²) in [6.07, 6.45) is 8.69. The lowest BCUT2D eigenvalue weighted by Crippen LogP contribution is -2.78. The maximum absolute atomic E-state index is 13.5. The van der Waals surface area contributed by atoms with E-state index in [-0.39, 0.29) is 35.9 Å². The number of esters is 1. The molecule has 6 atom stereocenters. The van der Waals surface area contributed by atoms with Crippen LogP contribution in [0.3, 0.4) is 0 Å². The third-order valence-electron chi connectivity index (χ3n) is 12.4. The van der Waals surface area contributed by atoms with E-state index in [9.17, 15) is 14.7 Å². The van der Waals surface area contributed by atoms with Crippen molar-refractivity contribution in [2.24, 2.45) is 23.7 Å². The number of quaternary nitrogens is 1. The average Bonchev–Trinajstić information content (AvgIpc) is 3.72. The molecule has 0 amide bonds. The number of para-hydroxylation sites is 2. The van der Waals surface area contributed by atoms with E-state index in [1.165, 1.54) is 35.2 Å². The van der Waals surface area contributed by atoms with Crippen molar-refractivity contribution in [1.82, 2.24) is 14.5 Å². The molecule has 0 bridgehead atoms. The SMILES string of the molecule is C/C=C1/CN2CCC3=C([NH2+]c4ccccc43)[C@@H]2CC1[C@H](Cc1cn2c(c3nc4ccccc4c1-3)C[C@@H]1C(C(=O)OC)=CO[C@@H](C)C1C2)C(=O)O. The van der Waals surface area contributed by atoms with Crippen LogP contribution in [0.5, 0.6) is 0 Å². The highest BCUT2D eigenvalue weighted by Gasteiger charge is 2.47. The molecule has 9 rings (SSSR count). The molecule has 2 unspecified atom stereocenters. The van der Waals surface area contributed by atoms with Crippen LogP contribution in [0.2, 0.25) is 0 Å². The largest absolute Gasteiger partial charge is 0.497 e. The lowest BCUT2D eigenvalue weighted by Gasteiger charge is -2.44. The number of pyridine rings is 1. The number of methoxy groups -OCH3 is 1. The van der Waals surface area contributed by atoms with E-state index in [0.29, 0.717) is 25.0 Å². The number of nitrogens with two attached hydrogens (primary N) is 1. The second kappa shape index (κ2) is 12.0. The highest BCUT2D eigenvalue weighted by atomic mass is 16.5. The van der Waals surface area contributed by atoms with Crippen molar-refractivity contribution in [1.29, 1.82) is 0 Å². The molecule has 0 radical (unpaired) electrons. The van der Waals surface area contributed by atoms with E-state index in [2.05, 4.69) is 71.2 Å². The molecule has 9 heteroatoms. The van der Waals surface area contributed by atoms with E-state index in [1.807, 2.05) is 18.2 Å². The van der Waals surface area contributed by atoms with Crippen LogP contribution in [0, 0.1) is 23.7 Å². The molecule has 0 saturated carbocycles. The average molecular weight is 672 g/mol. The standard InChI is InChI=1S/C41H42N4O5/c1-4-23-18-44-14-13-26-25-9-5-7-11-33(25)42-38(26)35(44)16-28(23)30(40(46)47)15-24-19-45-20-31-22(2)50-21-32(41(48)49-3)29(31)17-36(45)39-37(24)27-10-6-8-12-34(27)43-39/h4-12,19,21-22,28-31,35,42H,13-18,20H2,1-3H3,(H,46,47)/p+1/b23-4-/t22-,28?,29-,30-,31?,35-/m0/s1. The van der Waals surface area contributed by atoms with Crippen molar-refractivity contribution in [2.75, 3.05) is 20.2 Å². The Morgan fingerprint density at radius 1 is 1.18 bits per heavy atom. The van der Waals surface area contributed by atoms with Crippen molar-refractivity contribution in [3.8, 4) is 11.3 Å². The summed E-state index contributed by atoms with van der Waals surface area (Å²) >= 11 is 0. The van der Waals surface area contributed by atoms with Gasteiger partial charge in [0.1, 0.15) is 17.5 Å². The maximum atomic E-state index is 13.5.